The Morgan fingerprint density at radius 3 is 2.14 bits per heavy atom. The fourth-order valence-corrected chi connectivity index (χ4v) is 2.72. The molecule has 0 saturated heterocycles. The molecule has 2 N–H and O–H groups in total. The van der Waals surface area contributed by atoms with Gasteiger partial charge in [-0.1, -0.05) is 25.7 Å². The van der Waals surface area contributed by atoms with E-state index in [0.29, 0.717) is 25.7 Å². The van der Waals surface area contributed by atoms with Crippen LogP contribution in [0.1, 0.15) is 57.8 Å². The Kier molecular flexibility index (Phi) is 7.79. The minimum atomic E-state index is -0.912. The normalized spacial score (nSPS) is 21.7. The zero-order valence-electron chi connectivity index (χ0n) is 12.3. The van der Waals surface area contributed by atoms with Gasteiger partial charge in [0.05, 0.1) is 18.4 Å². The number of carboxylic acids is 2. The highest BCUT2D eigenvalue weighted by Crippen LogP contribution is 2.31. The molecule has 6 heteroatoms. The first kappa shape index (κ1) is 17.5. The Morgan fingerprint density at radius 1 is 0.905 bits per heavy atom. The summed E-state index contributed by atoms with van der Waals surface area (Å²) in [5, 5.41) is 17.6. The van der Waals surface area contributed by atoms with Crippen molar-refractivity contribution >= 4 is 17.9 Å². The monoisotopic (exact) mass is 300 g/mol. The highest BCUT2D eigenvalue weighted by atomic mass is 16.5. The number of esters is 1. The van der Waals surface area contributed by atoms with E-state index in [9.17, 15) is 14.4 Å². The van der Waals surface area contributed by atoms with Crippen LogP contribution in [0.4, 0.5) is 0 Å². The van der Waals surface area contributed by atoms with E-state index in [0.717, 1.165) is 25.7 Å². The number of unbranched alkanes of at least 4 members (excludes halogenated alkanes) is 3. The molecular formula is C15H24O6. The topological polar surface area (TPSA) is 101 Å². The summed E-state index contributed by atoms with van der Waals surface area (Å²) in [6.45, 7) is 0.286. The maximum absolute atomic E-state index is 11.9. The lowest BCUT2D eigenvalue weighted by Crippen LogP contribution is -2.33. The number of hydrogen-bond donors (Lipinski definition) is 2. The Morgan fingerprint density at radius 2 is 1.52 bits per heavy atom. The summed E-state index contributed by atoms with van der Waals surface area (Å²) in [5.41, 5.74) is 0. The molecule has 120 valence electrons. The van der Waals surface area contributed by atoms with Crippen molar-refractivity contribution in [3.8, 4) is 0 Å². The predicted octanol–water partition coefficient (Wildman–Crippen LogP) is 2.46. The molecule has 2 atom stereocenters. The van der Waals surface area contributed by atoms with Crippen LogP contribution in [-0.2, 0) is 19.1 Å². The van der Waals surface area contributed by atoms with Gasteiger partial charge in [0.15, 0.2) is 0 Å². The van der Waals surface area contributed by atoms with E-state index in [1.807, 2.05) is 0 Å². The van der Waals surface area contributed by atoms with Crippen molar-refractivity contribution in [2.75, 3.05) is 6.61 Å². The minimum absolute atomic E-state index is 0.169. The molecule has 6 nitrogen and oxygen atoms in total. The van der Waals surface area contributed by atoms with Crippen LogP contribution in [0.15, 0.2) is 0 Å². The summed E-state index contributed by atoms with van der Waals surface area (Å²) in [4.78, 5) is 33.4. The smallest absolute Gasteiger partial charge is 0.309 e. The molecular weight excluding hydrogens is 276 g/mol. The Balaban J connectivity index is 2.17. The molecule has 1 aliphatic rings. The lowest BCUT2D eigenvalue weighted by atomic mass is 9.79. The van der Waals surface area contributed by atoms with Crippen LogP contribution in [0.5, 0.6) is 0 Å². The van der Waals surface area contributed by atoms with Gasteiger partial charge in [-0.25, -0.2) is 0 Å². The van der Waals surface area contributed by atoms with Gasteiger partial charge in [0, 0.05) is 6.42 Å². The van der Waals surface area contributed by atoms with Gasteiger partial charge in [0.25, 0.3) is 0 Å². The largest absolute Gasteiger partial charge is 0.481 e. The summed E-state index contributed by atoms with van der Waals surface area (Å²) in [6.07, 6.45) is 5.96. The molecule has 0 aromatic heterocycles. The highest BCUT2D eigenvalue weighted by molar-refractivity contribution is 5.81. The first-order valence-corrected chi connectivity index (χ1v) is 7.63. The Hall–Kier alpha value is -1.59. The molecule has 0 aromatic carbocycles. The van der Waals surface area contributed by atoms with Crippen LogP contribution in [0.25, 0.3) is 0 Å². The van der Waals surface area contributed by atoms with Crippen molar-refractivity contribution in [1.82, 2.24) is 0 Å². The van der Waals surface area contributed by atoms with Gasteiger partial charge in [-0.05, 0) is 25.7 Å². The van der Waals surface area contributed by atoms with E-state index in [1.54, 1.807) is 0 Å². The molecule has 0 bridgehead atoms. The zero-order valence-corrected chi connectivity index (χ0v) is 12.3. The van der Waals surface area contributed by atoms with Crippen LogP contribution < -0.4 is 0 Å². The first-order valence-electron chi connectivity index (χ1n) is 7.63. The van der Waals surface area contributed by atoms with Crippen molar-refractivity contribution in [1.29, 1.82) is 0 Å². The van der Waals surface area contributed by atoms with Gasteiger partial charge in [0.2, 0.25) is 0 Å². The third-order valence-electron chi connectivity index (χ3n) is 3.92. The van der Waals surface area contributed by atoms with Gasteiger partial charge in [-0.15, -0.1) is 0 Å². The van der Waals surface area contributed by atoms with Crippen LogP contribution in [-0.4, -0.2) is 34.7 Å². The third kappa shape index (κ3) is 6.60. The van der Waals surface area contributed by atoms with Gasteiger partial charge < -0.3 is 14.9 Å². The SMILES string of the molecule is O=C(O)CCCCCCOC(=O)C1CCCCC1C(=O)O. The van der Waals surface area contributed by atoms with Gasteiger partial charge in [0.1, 0.15) is 0 Å². The summed E-state index contributed by atoms with van der Waals surface area (Å²) in [7, 11) is 0. The summed E-state index contributed by atoms with van der Waals surface area (Å²) >= 11 is 0. The fraction of sp³-hybridized carbons (Fsp3) is 0.800. The molecule has 1 saturated carbocycles. The van der Waals surface area contributed by atoms with Gasteiger partial charge >= 0.3 is 17.9 Å². The molecule has 0 aliphatic heterocycles. The molecule has 1 aliphatic carbocycles. The fourth-order valence-electron chi connectivity index (χ4n) is 2.72. The van der Waals surface area contributed by atoms with E-state index in [-0.39, 0.29) is 13.0 Å². The second kappa shape index (κ2) is 9.37. The predicted molar refractivity (Wildman–Crippen MR) is 74.8 cm³/mol. The highest BCUT2D eigenvalue weighted by Gasteiger charge is 2.36. The number of aliphatic carboxylic acids is 2. The van der Waals surface area contributed by atoms with Crippen molar-refractivity contribution in [3.05, 3.63) is 0 Å². The quantitative estimate of drug-likeness (QED) is 0.501. The molecule has 1 fully saturated rings. The average molecular weight is 300 g/mol. The van der Waals surface area contributed by atoms with Gasteiger partial charge in [-0.3, -0.25) is 14.4 Å². The molecule has 21 heavy (non-hydrogen) atoms. The van der Waals surface area contributed by atoms with E-state index >= 15 is 0 Å². The standard InChI is InChI=1S/C15H24O6/c16-13(17)9-3-1-2-6-10-21-15(20)12-8-5-4-7-11(12)14(18)19/h11-12H,1-10H2,(H,16,17)(H,18,19). The number of carboxylic acid groups (broad SMARTS) is 2. The average Bonchev–Trinajstić information content (AvgIpc) is 2.45. The molecule has 0 spiro atoms. The number of carbonyl (C=O) groups excluding carboxylic acids is 1. The molecule has 2 unspecified atom stereocenters. The number of ether oxygens (including phenoxy) is 1. The van der Waals surface area contributed by atoms with Crippen LogP contribution in [0.3, 0.4) is 0 Å². The molecule has 0 aromatic rings. The van der Waals surface area contributed by atoms with E-state index < -0.39 is 29.7 Å². The number of rotatable bonds is 9. The van der Waals surface area contributed by atoms with Crippen molar-refractivity contribution in [2.24, 2.45) is 11.8 Å². The summed E-state index contributed by atoms with van der Waals surface area (Å²) in [6, 6.07) is 0. The maximum Gasteiger partial charge on any atom is 0.309 e. The molecule has 0 radical (unpaired) electrons. The van der Waals surface area contributed by atoms with Crippen molar-refractivity contribution < 1.29 is 29.3 Å². The lowest BCUT2D eigenvalue weighted by molar-refractivity contribution is -0.159. The Labute approximate surface area is 124 Å². The third-order valence-corrected chi connectivity index (χ3v) is 3.92. The lowest BCUT2D eigenvalue weighted by Gasteiger charge is -2.26. The number of carbonyl (C=O) groups is 3. The van der Waals surface area contributed by atoms with Gasteiger partial charge in [-0.2, -0.15) is 0 Å². The van der Waals surface area contributed by atoms with E-state index in [4.69, 9.17) is 14.9 Å². The summed E-state index contributed by atoms with van der Waals surface area (Å²) in [5.74, 6) is -3.22. The van der Waals surface area contributed by atoms with Crippen LogP contribution in [0.2, 0.25) is 0 Å². The van der Waals surface area contributed by atoms with Crippen LogP contribution >= 0.6 is 0 Å². The maximum atomic E-state index is 11.9. The zero-order chi connectivity index (χ0) is 15.7. The van der Waals surface area contributed by atoms with Crippen LogP contribution in [0, 0.1) is 11.8 Å². The Bertz CT molecular complexity index is 365. The van der Waals surface area contributed by atoms with Crippen molar-refractivity contribution in [3.63, 3.8) is 0 Å². The van der Waals surface area contributed by atoms with E-state index in [2.05, 4.69) is 0 Å². The number of hydrogen-bond acceptors (Lipinski definition) is 4. The first-order chi connectivity index (χ1) is 10.0. The molecule has 0 amide bonds. The second-order valence-corrected chi connectivity index (χ2v) is 5.56. The summed E-state index contributed by atoms with van der Waals surface area (Å²) < 4.78 is 5.17. The minimum Gasteiger partial charge on any atom is -0.481 e. The van der Waals surface area contributed by atoms with E-state index in [1.165, 1.54) is 0 Å². The molecule has 0 heterocycles. The second-order valence-electron chi connectivity index (χ2n) is 5.56. The van der Waals surface area contributed by atoms with Crippen molar-refractivity contribution in [2.45, 2.75) is 57.8 Å². The molecule has 1 rings (SSSR count).